The Hall–Kier alpha value is -0.370. The van der Waals surface area contributed by atoms with Gasteiger partial charge in [-0.2, -0.15) is 0 Å². The molecule has 0 atom stereocenters. The zero-order valence-corrected chi connectivity index (χ0v) is 5.19. The van der Waals surface area contributed by atoms with Gasteiger partial charge < -0.3 is 5.11 Å². The predicted octanol–water partition coefficient (Wildman–Crippen LogP) is 1.49. The van der Waals surface area contributed by atoms with E-state index in [1.165, 1.54) is 6.08 Å². The number of allylic oxidation sites excluding steroid dienone is 1. The Morgan fingerprint density at radius 3 is 2.38 bits per heavy atom. The normalized spacial score (nSPS) is 12.9. The van der Waals surface area contributed by atoms with Crippen LogP contribution in [0.1, 0.15) is 13.8 Å². The van der Waals surface area contributed by atoms with Gasteiger partial charge in [0.05, 0.1) is 6.61 Å². The molecule has 2 heteroatoms. The van der Waals surface area contributed by atoms with Gasteiger partial charge in [0.1, 0.15) is 5.83 Å². The molecule has 0 unspecified atom stereocenters. The molecule has 0 aromatic heterocycles. The van der Waals surface area contributed by atoms with Crippen LogP contribution in [0.25, 0.3) is 0 Å². The van der Waals surface area contributed by atoms with Gasteiger partial charge in [-0.25, -0.2) is 4.39 Å². The second-order valence-corrected chi connectivity index (χ2v) is 2.02. The van der Waals surface area contributed by atoms with Crippen LogP contribution in [-0.4, -0.2) is 11.7 Å². The molecule has 0 bridgehead atoms. The van der Waals surface area contributed by atoms with E-state index in [4.69, 9.17) is 5.11 Å². The van der Waals surface area contributed by atoms with E-state index in [9.17, 15) is 4.39 Å². The summed E-state index contributed by atoms with van der Waals surface area (Å²) in [6.45, 7) is 3.24. The summed E-state index contributed by atoms with van der Waals surface area (Å²) < 4.78 is 12.0. The number of halogens is 1. The monoisotopic (exact) mass is 118 g/mol. The summed E-state index contributed by atoms with van der Waals surface area (Å²) in [6.07, 6.45) is 1.39. The van der Waals surface area contributed by atoms with Crippen molar-refractivity contribution in [2.45, 2.75) is 13.8 Å². The molecule has 0 saturated heterocycles. The summed E-state index contributed by atoms with van der Waals surface area (Å²) in [5, 5.41) is 8.14. The molecule has 0 spiro atoms. The van der Waals surface area contributed by atoms with Crippen LogP contribution in [0.3, 0.4) is 0 Å². The molecule has 0 aromatic rings. The van der Waals surface area contributed by atoms with Gasteiger partial charge in [-0.1, -0.05) is 13.8 Å². The largest absolute Gasteiger partial charge is 0.389 e. The van der Waals surface area contributed by atoms with E-state index in [-0.39, 0.29) is 5.92 Å². The van der Waals surface area contributed by atoms with Gasteiger partial charge >= 0.3 is 0 Å². The first-order valence-corrected chi connectivity index (χ1v) is 2.64. The molecule has 0 radical (unpaired) electrons. The molecule has 0 amide bonds. The first-order valence-electron chi connectivity index (χ1n) is 2.64. The number of rotatable bonds is 2. The lowest BCUT2D eigenvalue weighted by Crippen LogP contribution is -1.86. The molecule has 0 saturated carbocycles. The smallest absolute Gasteiger partial charge is 0.122 e. The summed E-state index contributed by atoms with van der Waals surface area (Å²) in [5.74, 6) is -0.262. The van der Waals surface area contributed by atoms with E-state index in [0.717, 1.165) is 0 Å². The molecule has 48 valence electrons. The highest BCUT2D eigenvalue weighted by atomic mass is 19.1. The standard InChI is InChI=1S/C6H11FO/c1-5(2)3-6(7)4-8/h3,5,8H,4H2,1-2H3/b6-3-. The van der Waals surface area contributed by atoms with E-state index in [0.29, 0.717) is 0 Å². The maximum absolute atomic E-state index is 12.0. The van der Waals surface area contributed by atoms with E-state index >= 15 is 0 Å². The number of hydrogen-bond acceptors (Lipinski definition) is 1. The Bertz CT molecular complexity index is 86.5. The molecule has 0 fully saturated rings. The van der Waals surface area contributed by atoms with Crippen molar-refractivity contribution in [3.8, 4) is 0 Å². The summed E-state index contributed by atoms with van der Waals surface area (Å²) in [5.41, 5.74) is 0. The summed E-state index contributed by atoms with van der Waals surface area (Å²) in [7, 11) is 0. The fourth-order valence-electron chi connectivity index (χ4n) is 0.414. The highest BCUT2D eigenvalue weighted by Gasteiger charge is 1.91. The van der Waals surface area contributed by atoms with Crippen molar-refractivity contribution in [1.82, 2.24) is 0 Å². The van der Waals surface area contributed by atoms with Crippen LogP contribution in [0.5, 0.6) is 0 Å². The first kappa shape index (κ1) is 7.63. The number of hydrogen-bond donors (Lipinski definition) is 1. The van der Waals surface area contributed by atoms with Crippen LogP contribution in [0.2, 0.25) is 0 Å². The van der Waals surface area contributed by atoms with Crippen molar-refractivity contribution < 1.29 is 9.50 Å². The highest BCUT2D eigenvalue weighted by Crippen LogP contribution is 2.01. The average Bonchev–Trinajstić information content (AvgIpc) is 1.65. The maximum Gasteiger partial charge on any atom is 0.122 e. The minimum atomic E-state index is -0.474. The second kappa shape index (κ2) is 3.61. The quantitative estimate of drug-likeness (QED) is 0.582. The molecule has 8 heavy (non-hydrogen) atoms. The van der Waals surface area contributed by atoms with Crippen LogP contribution < -0.4 is 0 Å². The van der Waals surface area contributed by atoms with Crippen molar-refractivity contribution >= 4 is 0 Å². The van der Waals surface area contributed by atoms with Crippen LogP contribution in [-0.2, 0) is 0 Å². The van der Waals surface area contributed by atoms with Crippen molar-refractivity contribution in [3.05, 3.63) is 11.9 Å². The third-order valence-electron chi connectivity index (χ3n) is 0.665. The summed E-state index contributed by atoms with van der Waals surface area (Å²) in [4.78, 5) is 0. The zero-order chi connectivity index (χ0) is 6.57. The molecule has 0 aliphatic carbocycles. The second-order valence-electron chi connectivity index (χ2n) is 2.02. The molecule has 0 aliphatic rings. The van der Waals surface area contributed by atoms with Gasteiger partial charge in [-0.15, -0.1) is 0 Å². The number of aliphatic hydroxyl groups excluding tert-OH is 1. The van der Waals surface area contributed by atoms with Crippen LogP contribution in [0.4, 0.5) is 4.39 Å². The average molecular weight is 118 g/mol. The fraction of sp³-hybridized carbons (Fsp3) is 0.667. The molecular weight excluding hydrogens is 107 g/mol. The Morgan fingerprint density at radius 1 is 1.75 bits per heavy atom. The van der Waals surface area contributed by atoms with E-state index in [1.807, 2.05) is 13.8 Å². The van der Waals surface area contributed by atoms with E-state index in [1.54, 1.807) is 0 Å². The first-order chi connectivity index (χ1) is 3.66. The van der Waals surface area contributed by atoms with Crippen LogP contribution in [0.15, 0.2) is 11.9 Å². The third kappa shape index (κ3) is 3.81. The summed E-state index contributed by atoms with van der Waals surface area (Å²) >= 11 is 0. The van der Waals surface area contributed by atoms with Crippen LogP contribution in [0, 0.1) is 5.92 Å². The van der Waals surface area contributed by atoms with Gasteiger partial charge in [0, 0.05) is 0 Å². The SMILES string of the molecule is CC(C)/C=C(\F)CO. The molecule has 0 aliphatic heterocycles. The summed E-state index contributed by atoms with van der Waals surface area (Å²) in [6, 6.07) is 0. The van der Waals surface area contributed by atoms with Gasteiger partial charge in [-0.05, 0) is 12.0 Å². The topological polar surface area (TPSA) is 20.2 Å². The molecule has 1 nitrogen and oxygen atoms in total. The van der Waals surface area contributed by atoms with Gasteiger partial charge in [0.15, 0.2) is 0 Å². The maximum atomic E-state index is 12.0. The van der Waals surface area contributed by atoms with E-state index < -0.39 is 12.4 Å². The Morgan fingerprint density at radius 2 is 2.25 bits per heavy atom. The Kier molecular flexibility index (Phi) is 3.44. The van der Waals surface area contributed by atoms with Crippen LogP contribution >= 0.6 is 0 Å². The van der Waals surface area contributed by atoms with E-state index in [2.05, 4.69) is 0 Å². The molecule has 0 rings (SSSR count). The van der Waals surface area contributed by atoms with Gasteiger partial charge in [0.25, 0.3) is 0 Å². The lowest BCUT2D eigenvalue weighted by atomic mass is 10.2. The van der Waals surface area contributed by atoms with Crippen molar-refractivity contribution in [2.24, 2.45) is 5.92 Å². The molecular formula is C6H11FO. The molecule has 0 aromatic carbocycles. The lowest BCUT2D eigenvalue weighted by molar-refractivity contribution is 0.296. The zero-order valence-electron chi connectivity index (χ0n) is 5.19. The Balaban J connectivity index is 3.56. The minimum absolute atomic E-state index is 0.183. The van der Waals surface area contributed by atoms with Crippen molar-refractivity contribution in [3.63, 3.8) is 0 Å². The van der Waals surface area contributed by atoms with Crippen molar-refractivity contribution in [2.75, 3.05) is 6.61 Å². The predicted molar refractivity (Wildman–Crippen MR) is 31.1 cm³/mol. The Labute approximate surface area is 48.8 Å². The third-order valence-corrected chi connectivity index (χ3v) is 0.665. The fourth-order valence-corrected chi connectivity index (χ4v) is 0.414. The molecule has 1 N–H and O–H groups in total. The lowest BCUT2D eigenvalue weighted by Gasteiger charge is -1.93. The van der Waals surface area contributed by atoms with Gasteiger partial charge in [-0.3, -0.25) is 0 Å². The van der Waals surface area contributed by atoms with Crippen molar-refractivity contribution in [1.29, 1.82) is 0 Å². The molecule has 0 heterocycles. The minimum Gasteiger partial charge on any atom is -0.389 e. The number of aliphatic hydroxyl groups is 1. The van der Waals surface area contributed by atoms with Gasteiger partial charge in [0.2, 0.25) is 0 Å². The highest BCUT2D eigenvalue weighted by molar-refractivity contribution is 4.92.